The Morgan fingerprint density at radius 2 is 2.38 bits per heavy atom. The number of nitrogen functional groups attached to an aromatic ring is 1. The quantitative estimate of drug-likeness (QED) is 0.597. The predicted octanol–water partition coefficient (Wildman–Crippen LogP) is 0.665. The first-order chi connectivity index (χ1) is 7.74. The van der Waals surface area contributed by atoms with E-state index < -0.39 is 6.10 Å². The topological polar surface area (TPSA) is 75.4 Å². The third-order valence-corrected chi connectivity index (χ3v) is 2.53. The smallest absolute Gasteiger partial charge is 0.150 e. The lowest BCUT2D eigenvalue weighted by molar-refractivity contribution is -0.424. The third kappa shape index (κ3) is 1.79. The number of carbonyl (C=O) groups excluding carboxylic acids is 1. The molecule has 0 bridgehead atoms. The molecule has 0 fully saturated rings. The standard InChI is InChI=1S/C12H12NO3/c13-10-4-3-8(11(15)5-6-14)9-2-1-7-16-12(9)10/h1-4,6,11H,5,7,13H2/q-1. The number of carbonyl (C=O) groups is 1. The molecule has 4 heteroatoms. The van der Waals surface area contributed by atoms with Crippen LogP contribution in [0, 0.1) is 0 Å². The van der Waals surface area contributed by atoms with Crippen molar-refractivity contribution in [1.29, 1.82) is 0 Å². The van der Waals surface area contributed by atoms with Crippen LogP contribution in [0.2, 0.25) is 0 Å². The average Bonchev–Trinajstić information content (AvgIpc) is 2.30. The number of nitrogens with two attached hydrogens (primary N) is 1. The van der Waals surface area contributed by atoms with Crippen molar-refractivity contribution in [3.05, 3.63) is 29.3 Å². The molecule has 1 atom stereocenters. The lowest BCUT2D eigenvalue weighted by Crippen LogP contribution is -2.18. The van der Waals surface area contributed by atoms with Crippen LogP contribution >= 0.6 is 0 Å². The Hall–Kier alpha value is -1.81. The fourth-order valence-electron chi connectivity index (χ4n) is 1.76. The van der Waals surface area contributed by atoms with Crippen LogP contribution in [0.3, 0.4) is 0 Å². The van der Waals surface area contributed by atoms with E-state index in [1.807, 2.05) is 12.2 Å². The number of benzene rings is 1. The number of fused-ring (bicyclic) bond motifs is 1. The average molecular weight is 218 g/mol. The molecule has 1 aliphatic heterocycles. The molecular weight excluding hydrogens is 206 g/mol. The van der Waals surface area contributed by atoms with E-state index in [2.05, 4.69) is 0 Å². The van der Waals surface area contributed by atoms with Gasteiger partial charge < -0.3 is 20.4 Å². The van der Waals surface area contributed by atoms with E-state index in [0.717, 1.165) is 0 Å². The molecule has 0 spiro atoms. The van der Waals surface area contributed by atoms with Crippen molar-refractivity contribution < 1.29 is 14.6 Å². The summed E-state index contributed by atoms with van der Waals surface area (Å²) in [4.78, 5) is 10.3. The number of hydrogen-bond donors (Lipinski definition) is 1. The molecule has 0 saturated carbocycles. The lowest BCUT2D eigenvalue weighted by atomic mass is 9.97. The summed E-state index contributed by atoms with van der Waals surface area (Å²) >= 11 is 0. The molecule has 84 valence electrons. The van der Waals surface area contributed by atoms with Crippen molar-refractivity contribution in [2.24, 2.45) is 0 Å². The maximum absolute atomic E-state index is 11.7. The number of hydrogen-bond acceptors (Lipinski definition) is 4. The molecule has 2 rings (SSSR count). The van der Waals surface area contributed by atoms with E-state index in [1.54, 1.807) is 12.1 Å². The summed E-state index contributed by atoms with van der Waals surface area (Å²) in [6.45, 7) is 0.456. The fourth-order valence-corrected chi connectivity index (χ4v) is 1.76. The molecule has 0 amide bonds. The summed E-state index contributed by atoms with van der Waals surface area (Å²) in [6, 6.07) is 3.30. The number of aldehydes is 1. The maximum atomic E-state index is 11.7. The van der Waals surface area contributed by atoms with Crippen molar-refractivity contribution in [2.75, 3.05) is 12.3 Å². The summed E-state index contributed by atoms with van der Waals surface area (Å²) in [5.74, 6) is 0.548. The lowest BCUT2D eigenvalue weighted by Gasteiger charge is -2.26. The monoisotopic (exact) mass is 218 g/mol. The molecule has 1 unspecified atom stereocenters. The summed E-state index contributed by atoms with van der Waals surface area (Å²) in [6.07, 6.45) is 3.18. The van der Waals surface area contributed by atoms with Crippen LogP contribution in [0.25, 0.3) is 6.08 Å². The fraction of sp³-hybridized carbons (Fsp3) is 0.250. The van der Waals surface area contributed by atoms with E-state index in [9.17, 15) is 9.90 Å². The molecule has 1 heterocycles. The van der Waals surface area contributed by atoms with Gasteiger partial charge in [0.15, 0.2) is 0 Å². The molecule has 0 aromatic heterocycles. The Labute approximate surface area is 93.3 Å². The van der Waals surface area contributed by atoms with Gasteiger partial charge in [0, 0.05) is 5.56 Å². The second-order valence-electron chi connectivity index (χ2n) is 3.59. The Bertz CT molecular complexity index is 440. The normalized spacial score (nSPS) is 15.1. The van der Waals surface area contributed by atoms with Crippen LogP contribution < -0.4 is 15.6 Å². The van der Waals surface area contributed by atoms with Crippen LogP contribution in [0.15, 0.2) is 18.2 Å². The highest BCUT2D eigenvalue weighted by Gasteiger charge is 2.14. The van der Waals surface area contributed by atoms with Gasteiger partial charge in [0.1, 0.15) is 18.6 Å². The minimum absolute atomic E-state index is 0.0375. The van der Waals surface area contributed by atoms with Gasteiger partial charge in [-0.05, 0) is 18.6 Å². The van der Waals surface area contributed by atoms with Gasteiger partial charge in [0.05, 0.1) is 5.69 Å². The highest BCUT2D eigenvalue weighted by molar-refractivity contribution is 5.72. The predicted molar refractivity (Wildman–Crippen MR) is 58.8 cm³/mol. The highest BCUT2D eigenvalue weighted by Crippen LogP contribution is 2.35. The minimum Gasteiger partial charge on any atom is -0.848 e. The molecule has 1 aliphatic rings. The van der Waals surface area contributed by atoms with Gasteiger partial charge in [-0.15, -0.1) is 0 Å². The first kappa shape index (κ1) is 10.7. The van der Waals surface area contributed by atoms with Crippen molar-refractivity contribution in [3.63, 3.8) is 0 Å². The van der Waals surface area contributed by atoms with E-state index in [-0.39, 0.29) is 6.42 Å². The van der Waals surface area contributed by atoms with Gasteiger partial charge >= 0.3 is 0 Å². The van der Waals surface area contributed by atoms with Gasteiger partial charge in [0.25, 0.3) is 0 Å². The summed E-state index contributed by atoms with van der Waals surface area (Å²) in [5.41, 5.74) is 7.53. The van der Waals surface area contributed by atoms with Crippen molar-refractivity contribution >= 4 is 18.0 Å². The zero-order valence-corrected chi connectivity index (χ0v) is 8.68. The molecule has 0 saturated heterocycles. The Morgan fingerprint density at radius 1 is 1.56 bits per heavy atom. The first-order valence-electron chi connectivity index (χ1n) is 5.05. The highest BCUT2D eigenvalue weighted by atomic mass is 16.5. The molecule has 1 aromatic rings. The molecular formula is C12H12NO3-. The molecule has 1 aromatic carbocycles. The number of ether oxygens (including phenoxy) is 1. The van der Waals surface area contributed by atoms with Gasteiger partial charge in [-0.2, -0.15) is 0 Å². The van der Waals surface area contributed by atoms with E-state index in [4.69, 9.17) is 10.5 Å². The van der Waals surface area contributed by atoms with Crippen molar-refractivity contribution in [1.82, 2.24) is 0 Å². The van der Waals surface area contributed by atoms with Gasteiger partial charge in [0.2, 0.25) is 0 Å². The second kappa shape index (κ2) is 4.37. The molecule has 2 N–H and O–H groups in total. The summed E-state index contributed by atoms with van der Waals surface area (Å²) < 4.78 is 5.38. The molecule has 0 aliphatic carbocycles. The minimum atomic E-state index is -1.06. The van der Waals surface area contributed by atoms with Crippen LogP contribution in [0.4, 0.5) is 5.69 Å². The van der Waals surface area contributed by atoms with Crippen LogP contribution in [0.5, 0.6) is 5.75 Å². The zero-order chi connectivity index (χ0) is 11.5. The maximum Gasteiger partial charge on any atom is 0.150 e. The first-order valence-corrected chi connectivity index (χ1v) is 5.05. The molecule has 16 heavy (non-hydrogen) atoms. The van der Waals surface area contributed by atoms with Gasteiger partial charge in [-0.25, -0.2) is 0 Å². The van der Waals surface area contributed by atoms with Crippen molar-refractivity contribution in [3.8, 4) is 5.75 Å². The summed E-state index contributed by atoms with van der Waals surface area (Å²) in [5, 5.41) is 11.7. The third-order valence-electron chi connectivity index (χ3n) is 2.53. The van der Waals surface area contributed by atoms with E-state index >= 15 is 0 Å². The van der Waals surface area contributed by atoms with E-state index in [1.165, 1.54) is 0 Å². The number of anilines is 1. The van der Waals surface area contributed by atoms with E-state index in [0.29, 0.717) is 35.5 Å². The van der Waals surface area contributed by atoms with Gasteiger partial charge in [-0.3, -0.25) is 0 Å². The Morgan fingerprint density at radius 3 is 3.12 bits per heavy atom. The van der Waals surface area contributed by atoms with Crippen LogP contribution in [-0.2, 0) is 4.79 Å². The SMILES string of the molecule is Nc1ccc(C([O-])CC=O)c2c1OCC=C2. The van der Waals surface area contributed by atoms with Crippen molar-refractivity contribution in [2.45, 2.75) is 12.5 Å². The second-order valence-corrected chi connectivity index (χ2v) is 3.59. The van der Waals surface area contributed by atoms with Gasteiger partial charge in [-0.1, -0.05) is 23.8 Å². The molecule has 4 nitrogen and oxygen atoms in total. The summed E-state index contributed by atoms with van der Waals surface area (Å²) in [7, 11) is 0. The number of rotatable bonds is 3. The van der Waals surface area contributed by atoms with Crippen LogP contribution in [0.1, 0.15) is 23.7 Å². The Balaban J connectivity index is 2.48. The Kier molecular flexibility index (Phi) is 2.92. The molecule has 0 radical (unpaired) electrons. The largest absolute Gasteiger partial charge is 0.848 e. The zero-order valence-electron chi connectivity index (χ0n) is 8.68. The van der Waals surface area contributed by atoms with Crippen LogP contribution in [-0.4, -0.2) is 12.9 Å².